The Hall–Kier alpha value is -1.56. The zero-order valence-electron chi connectivity index (χ0n) is 15.0. The number of likely N-dealkylation sites (tertiary alicyclic amines) is 1. The number of carbonyl (C=O) groups is 1. The molecule has 0 aromatic carbocycles. The maximum atomic E-state index is 11.9. The molecule has 0 radical (unpaired) electrons. The average molecular weight is 322 g/mol. The van der Waals surface area contributed by atoms with E-state index in [0.717, 1.165) is 18.9 Å². The zero-order valence-corrected chi connectivity index (χ0v) is 15.0. The highest BCUT2D eigenvalue weighted by Gasteiger charge is 2.30. The first-order chi connectivity index (χ1) is 10.8. The van der Waals surface area contributed by atoms with E-state index in [9.17, 15) is 4.79 Å². The van der Waals surface area contributed by atoms with E-state index in [4.69, 9.17) is 4.74 Å². The van der Waals surface area contributed by atoms with E-state index in [1.54, 1.807) is 0 Å². The van der Waals surface area contributed by atoms with Crippen LogP contribution in [0.25, 0.3) is 0 Å². The summed E-state index contributed by atoms with van der Waals surface area (Å²) in [6.07, 6.45) is 5.84. The van der Waals surface area contributed by atoms with Crippen molar-refractivity contribution >= 4 is 6.09 Å². The number of carbonyl (C=O) groups excluding carboxylic acids is 1. The summed E-state index contributed by atoms with van der Waals surface area (Å²) < 4.78 is 7.39. The van der Waals surface area contributed by atoms with Crippen molar-refractivity contribution in [1.29, 1.82) is 0 Å². The second-order valence-corrected chi connectivity index (χ2v) is 7.49. The highest BCUT2D eigenvalue weighted by atomic mass is 16.6. The summed E-state index contributed by atoms with van der Waals surface area (Å²) in [4.78, 5) is 18.8. The van der Waals surface area contributed by atoms with Gasteiger partial charge in [0.05, 0.1) is 6.54 Å². The van der Waals surface area contributed by atoms with Gasteiger partial charge in [-0.05, 0) is 46.1 Å². The quantitative estimate of drug-likeness (QED) is 0.925. The third-order valence-electron chi connectivity index (χ3n) is 4.35. The molecule has 1 N–H and O–H groups in total. The number of amides is 1. The molecule has 1 fully saturated rings. The van der Waals surface area contributed by atoms with Crippen LogP contribution in [-0.4, -0.2) is 45.3 Å². The van der Waals surface area contributed by atoms with E-state index in [-0.39, 0.29) is 6.09 Å². The van der Waals surface area contributed by atoms with Crippen LogP contribution in [0.1, 0.15) is 46.4 Å². The van der Waals surface area contributed by atoms with Gasteiger partial charge in [0.1, 0.15) is 11.4 Å². The molecule has 2 heterocycles. The Labute approximate surface area is 139 Å². The topological polar surface area (TPSA) is 59.4 Å². The van der Waals surface area contributed by atoms with E-state index in [1.165, 1.54) is 12.8 Å². The number of alkyl carbamates (subject to hydrolysis) is 1. The molecule has 0 bridgehead atoms. The van der Waals surface area contributed by atoms with Crippen molar-refractivity contribution in [1.82, 2.24) is 19.8 Å². The summed E-state index contributed by atoms with van der Waals surface area (Å²) in [7, 11) is 2.02. The second-order valence-electron chi connectivity index (χ2n) is 7.49. The van der Waals surface area contributed by atoms with Gasteiger partial charge in [-0.1, -0.05) is 6.92 Å². The van der Waals surface area contributed by atoms with Crippen molar-refractivity contribution in [2.45, 2.75) is 58.7 Å². The summed E-state index contributed by atoms with van der Waals surface area (Å²) >= 11 is 0. The largest absolute Gasteiger partial charge is 0.444 e. The Morgan fingerprint density at radius 3 is 2.83 bits per heavy atom. The molecule has 1 aromatic heterocycles. The Balaban J connectivity index is 1.95. The molecule has 130 valence electrons. The molecule has 0 unspecified atom stereocenters. The molecule has 6 nitrogen and oxygen atoms in total. The number of piperidine rings is 1. The van der Waals surface area contributed by atoms with E-state index in [0.29, 0.717) is 18.5 Å². The van der Waals surface area contributed by atoms with Crippen molar-refractivity contribution in [2.24, 2.45) is 13.0 Å². The molecule has 1 aliphatic rings. The molecule has 1 aromatic rings. The number of hydrogen-bond donors (Lipinski definition) is 1. The Morgan fingerprint density at radius 1 is 1.48 bits per heavy atom. The molecule has 1 saturated heterocycles. The third kappa shape index (κ3) is 5.23. The summed E-state index contributed by atoms with van der Waals surface area (Å²) in [6, 6.07) is 0.313. The van der Waals surface area contributed by atoms with Crippen LogP contribution in [0.15, 0.2) is 12.4 Å². The number of nitrogens with zero attached hydrogens (tertiary/aromatic N) is 3. The lowest BCUT2D eigenvalue weighted by molar-refractivity contribution is 0.0452. The number of ether oxygens (including phenoxy) is 1. The number of aromatic nitrogens is 2. The molecule has 2 atom stereocenters. The minimum atomic E-state index is -0.463. The number of nitrogens with one attached hydrogen (secondary N) is 1. The number of hydrogen-bond acceptors (Lipinski definition) is 4. The standard InChI is InChI=1S/C17H30N4O2/c1-13-7-6-9-21(12-15-18-8-10-20(15)5)14(13)11-19-16(22)23-17(2,3)4/h8,10,13-14H,6-7,9,11-12H2,1-5H3,(H,19,22)/t13-,14-/m1/s1. The van der Waals surface area contributed by atoms with Gasteiger partial charge in [0.2, 0.25) is 0 Å². The maximum Gasteiger partial charge on any atom is 0.407 e. The number of rotatable bonds is 4. The predicted octanol–water partition coefficient (Wildman–Crippen LogP) is 2.55. The highest BCUT2D eigenvalue weighted by molar-refractivity contribution is 5.67. The predicted molar refractivity (Wildman–Crippen MR) is 90.0 cm³/mol. The van der Waals surface area contributed by atoms with Gasteiger partial charge in [-0.3, -0.25) is 4.90 Å². The maximum absolute atomic E-state index is 11.9. The monoisotopic (exact) mass is 322 g/mol. The molecular formula is C17H30N4O2. The number of aryl methyl sites for hydroxylation is 1. The second kappa shape index (κ2) is 7.34. The van der Waals surface area contributed by atoms with Crippen LogP contribution in [0.4, 0.5) is 4.79 Å². The van der Waals surface area contributed by atoms with Gasteiger partial charge in [-0.15, -0.1) is 0 Å². The molecule has 2 rings (SSSR count). The van der Waals surface area contributed by atoms with E-state index in [1.807, 2.05) is 40.2 Å². The minimum absolute atomic E-state index is 0.313. The summed E-state index contributed by atoms with van der Waals surface area (Å²) in [5, 5.41) is 2.93. The van der Waals surface area contributed by atoms with Crippen LogP contribution in [0.5, 0.6) is 0 Å². The van der Waals surface area contributed by atoms with E-state index in [2.05, 4.69) is 26.7 Å². The van der Waals surface area contributed by atoms with Crippen molar-refractivity contribution in [3.63, 3.8) is 0 Å². The summed E-state index contributed by atoms with van der Waals surface area (Å²) in [5.74, 6) is 1.60. The summed E-state index contributed by atoms with van der Waals surface area (Å²) in [5.41, 5.74) is -0.463. The fraction of sp³-hybridized carbons (Fsp3) is 0.765. The van der Waals surface area contributed by atoms with Gasteiger partial charge in [-0.25, -0.2) is 9.78 Å². The number of imidazole rings is 1. The first-order valence-electron chi connectivity index (χ1n) is 8.43. The molecule has 1 amide bonds. The average Bonchev–Trinajstić information content (AvgIpc) is 2.81. The van der Waals surface area contributed by atoms with Crippen LogP contribution in [-0.2, 0) is 18.3 Å². The smallest absolute Gasteiger partial charge is 0.407 e. The van der Waals surface area contributed by atoms with Crippen LogP contribution < -0.4 is 5.32 Å². The molecule has 6 heteroatoms. The van der Waals surface area contributed by atoms with Gasteiger partial charge in [0.25, 0.3) is 0 Å². The highest BCUT2D eigenvalue weighted by Crippen LogP contribution is 2.24. The molecule has 0 spiro atoms. The van der Waals surface area contributed by atoms with Gasteiger partial charge < -0.3 is 14.6 Å². The molecular weight excluding hydrogens is 292 g/mol. The van der Waals surface area contributed by atoms with Crippen molar-refractivity contribution in [3.05, 3.63) is 18.2 Å². The lowest BCUT2D eigenvalue weighted by atomic mass is 9.90. The van der Waals surface area contributed by atoms with E-state index < -0.39 is 5.60 Å². The lowest BCUT2D eigenvalue weighted by Crippen LogP contribution is -2.50. The molecule has 1 aliphatic heterocycles. The summed E-state index contributed by atoms with van der Waals surface area (Å²) in [6.45, 7) is 10.4. The van der Waals surface area contributed by atoms with Crippen LogP contribution >= 0.6 is 0 Å². The molecule has 23 heavy (non-hydrogen) atoms. The third-order valence-corrected chi connectivity index (χ3v) is 4.35. The van der Waals surface area contributed by atoms with E-state index >= 15 is 0 Å². The molecule has 0 aliphatic carbocycles. The Bertz CT molecular complexity index is 521. The minimum Gasteiger partial charge on any atom is -0.444 e. The fourth-order valence-corrected chi connectivity index (χ4v) is 3.09. The van der Waals surface area contributed by atoms with Gasteiger partial charge in [0, 0.05) is 32.0 Å². The van der Waals surface area contributed by atoms with Crippen molar-refractivity contribution < 1.29 is 9.53 Å². The SMILES string of the molecule is C[C@@H]1CCCN(Cc2nccn2C)[C@@H]1CNC(=O)OC(C)(C)C. The van der Waals surface area contributed by atoms with Crippen LogP contribution in [0.2, 0.25) is 0 Å². The van der Waals surface area contributed by atoms with Crippen molar-refractivity contribution in [2.75, 3.05) is 13.1 Å². The normalized spacial score (nSPS) is 22.8. The van der Waals surface area contributed by atoms with Crippen LogP contribution in [0, 0.1) is 5.92 Å². The first kappa shape index (κ1) is 17.8. The molecule has 0 saturated carbocycles. The zero-order chi connectivity index (χ0) is 17.0. The fourth-order valence-electron chi connectivity index (χ4n) is 3.09. The van der Waals surface area contributed by atoms with Crippen molar-refractivity contribution in [3.8, 4) is 0 Å². The van der Waals surface area contributed by atoms with Gasteiger partial charge >= 0.3 is 6.09 Å². The lowest BCUT2D eigenvalue weighted by Gasteiger charge is -2.40. The Kier molecular flexibility index (Phi) is 5.68. The van der Waals surface area contributed by atoms with Gasteiger partial charge in [0.15, 0.2) is 0 Å². The first-order valence-corrected chi connectivity index (χ1v) is 8.43. The van der Waals surface area contributed by atoms with Crippen LogP contribution in [0.3, 0.4) is 0 Å². The van der Waals surface area contributed by atoms with Gasteiger partial charge in [-0.2, -0.15) is 0 Å². The Morgan fingerprint density at radius 2 is 2.22 bits per heavy atom.